The van der Waals surface area contributed by atoms with Crippen molar-refractivity contribution >= 4 is 28.5 Å². The molecule has 90 valence electrons. The maximum Gasteiger partial charge on any atom is 0.313 e. The van der Waals surface area contributed by atoms with E-state index < -0.39 is 16.8 Å². The number of aryl methyl sites for hydroxylation is 1. The summed E-state index contributed by atoms with van der Waals surface area (Å²) in [5.74, 6) is 0.224. The standard InChI is InChI=1S/C8H13N3O3S2/c1-2-16(14)4-3-11-6-9-10-8(11)15-5-7(12)13/h6H,2-5H2,1H3,(H,12,13). The maximum atomic E-state index is 11.2. The number of hydrogen-bond donors (Lipinski definition) is 1. The third-order valence-corrected chi connectivity index (χ3v) is 4.03. The predicted octanol–water partition coefficient (Wildman–Crippen LogP) is 0.223. The van der Waals surface area contributed by atoms with Gasteiger partial charge in [0.25, 0.3) is 0 Å². The van der Waals surface area contributed by atoms with Crippen LogP contribution in [0.3, 0.4) is 0 Å². The molecule has 0 aliphatic carbocycles. The topological polar surface area (TPSA) is 85.1 Å². The number of thioether (sulfide) groups is 1. The molecule has 0 amide bonds. The van der Waals surface area contributed by atoms with Gasteiger partial charge in [0.15, 0.2) is 5.16 Å². The minimum Gasteiger partial charge on any atom is -0.481 e. The quantitative estimate of drug-likeness (QED) is 0.708. The fraction of sp³-hybridized carbons (Fsp3) is 0.625. The smallest absolute Gasteiger partial charge is 0.313 e. The Morgan fingerprint density at radius 2 is 2.44 bits per heavy atom. The molecule has 0 saturated heterocycles. The summed E-state index contributed by atoms with van der Waals surface area (Å²) in [6.45, 7) is 2.41. The molecule has 1 heterocycles. The van der Waals surface area contributed by atoms with Gasteiger partial charge in [0.2, 0.25) is 0 Å². The second kappa shape index (κ2) is 6.64. The Bertz CT molecular complexity index is 380. The Morgan fingerprint density at radius 1 is 1.69 bits per heavy atom. The molecule has 0 aliphatic rings. The van der Waals surface area contributed by atoms with Crippen LogP contribution in [0.25, 0.3) is 0 Å². The van der Waals surface area contributed by atoms with E-state index in [-0.39, 0.29) is 5.75 Å². The molecule has 1 aromatic rings. The molecule has 0 fully saturated rings. The van der Waals surface area contributed by atoms with E-state index in [4.69, 9.17) is 5.11 Å². The molecule has 1 N–H and O–H groups in total. The average molecular weight is 263 g/mol. The van der Waals surface area contributed by atoms with Crippen molar-refractivity contribution in [3.63, 3.8) is 0 Å². The third kappa shape index (κ3) is 4.31. The fourth-order valence-corrected chi connectivity index (χ4v) is 2.33. The van der Waals surface area contributed by atoms with E-state index >= 15 is 0 Å². The number of aromatic nitrogens is 3. The highest BCUT2D eigenvalue weighted by Crippen LogP contribution is 2.13. The van der Waals surface area contributed by atoms with Gasteiger partial charge in [-0.25, -0.2) is 0 Å². The van der Waals surface area contributed by atoms with Crippen LogP contribution in [0, 0.1) is 0 Å². The second-order valence-electron chi connectivity index (χ2n) is 2.92. The molecule has 0 aliphatic heterocycles. The van der Waals surface area contributed by atoms with Gasteiger partial charge < -0.3 is 9.67 Å². The Morgan fingerprint density at radius 3 is 3.06 bits per heavy atom. The van der Waals surface area contributed by atoms with Gasteiger partial charge in [0, 0.05) is 28.9 Å². The van der Waals surface area contributed by atoms with E-state index in [9.17, 15) is 9.00 Å². The van der Waals surface area contributed by atoms with Crippen molar-refractivity contribution in [1.29, 1.82) is 0 Å². The first-order valence-corrected chi connectivity index (χ1v) is 7.18. The molecule has 0 saturated carbocycles. The summed E-state index contributed by atoms with van der Waals surface area (Å²) in [6.07, 6.45) is 1.52. The molecule has 0 radical (unpaired) electrons. The zero-order valence-corrected chi connectivity index (χ0v) is 10.5. The lowest BCUT2D eigenvalue weighted by molar-refractivity contribution is -0.133. The lowest BCUT2D eigenvalue weighted by Gasteiger charge is -2.04. The highest BCUT2D eigenvalue weighted by Gasteiger charge is 2.08. The zero-order chi connectivity index (χ0) is 12.0. The predicted molar refractivity (Wildman–Crippen MR) is 61.9 cm³/mol. The number of carboxylic acid groups (broad SMARTS) is 1. The monoisotopic (exact) mass is 263 g/mol. The van der Waals surface area contributed by atoms with Crippen LogP contribution in [0.1, 0.15) is 6.92 Å². The number of carboxylic acids is 1. The van der Waals surface area contributed by atoms with Crippen molar-refractivity contribution in [2.45, 2.75) is 18.6 Å². The molecule has 1 unspecified atom stereocenters. The van der Waals surface area contributed by atoms with Crippen molar-refractivity contribution in [3.05, 3.63) is 6.33 Å². The van der Waals surface area contributed by atoms with Gasteiger partial charge in [0.1, 0.15) is 6.33 Å². The molecule has 1 aromatic heterocycles. The van der Waals surface area contributed by atoms with E-state index in [1.165, 1.54) is 6.33 Å². The zero-order valence-electron chi connectivity index (χ0n) is 8.83. The van der Waals surface area contributed by atoms with E-state index in [0.717, 1.165) is 11.8 Å². The number of carbonyl (C=O) groups is 1. The van der Waals surface area contributed by atoms with Crippen LogP contribution in [0.4, 0.5) is 0 Å². The van der Waals surface area contributed by atoms with Crippen molar-refractivity contribution in [2.24, 2.45) is 0 Å². The number of aliphatic carboxylic acids is 1. The second-order valence-corrected chi connectivity index (χ2v) is 5.73. The first kappa shape index (κ1) is 13.2. The van der Waals surface area contributed by atoms with E-state index in [2.05, 4.69) is 10.2 Å². The molecule has 1 atom stereocenters. The fourth-order valence-electron chi connectivity index (χ4n) is 0.980. The highest BCUT2D eigenvalue weighted by atomic mass is 32.2. The van der Waals surface area contributed by atoms with Crippen molar-refractivity contribution in [3.8, 4) is 0 Å². The van der Waals surface area contributed by atoms with Crippen LogP contribution in [-0.2, 0) is 22.1 Å². The van der Waals surface area contributed by atoms with Crippen LogP contribution in [-0.4, -0.2) is 47.3 Å². The van der Waals surface area contributed by atoms with Gasteiger partial charge in [-0.2, -0.15) is 0 Å². The van der Waals surface area contributed by atoms with Crippen molar-refractivity contribution < 1.29 is 14.1 Å². The minimum atomic E-state index is -0.892. The summed E-state index contributed by atoms with van der Waals surface area (Å²) in [5.41, 5.74) is 0. The van der Waals surface area contributed by atoms with Gasteiger partial charge in [-0.3, -0.25) is 9.00 Å². The normalized spacial score (nSPS) is 12.6. The third-order valence-electron chi connectivity index (χ3n) is 1.79. The number of hydrogen-bond acceptors (Lipinski definition) is 5. The van der Waals surface area contributed by atoms with Crippen molar-refractivity contribution in [2.75, 3.05) is 17.3 Å². The van der Waals surface area contributed by atoms with Gasteiger partial charge >= 0.3 is 5.97 Å². The van der Waals surface area contributed by atoms with Crippen molar-refractivity contribution in [1.82, 2.24) is 14.8 Å². The summed E-state index contributed by atoms with van der Waals surface area (Å²) in [5, 5.41) is 16.6. The summed E-state index contributed by atoms with van der Waals surface area (Å²) >= 11 is 1.11. The molecular formula is C8H13N3O3S2. The Hall–Kier alpha value is -0.890. The summed E-state index contributed by atoms with van der Waals surface area (Å²) < 4.78 is 13.0. The molecular weight excluding hydrogens is 250 g/mol. The minimum absolute atomic E-state index is 0.0461. The van der Waals surface area contributed by atoms with E-state index in [0.29, 0.717) is 23.2 Å². The van der Waals surface area contributed by atoms with Gasteiger partial charge in [-0.05, 0) is 0 Å². The lowest BCUT2D eigenvalue weighted by Crippen LogP contribution is -2.09. The number of rotatable bonds is 7. The van der Waals surface area contributed by atoms with E-state index in [1.807, 2.05) is 6.92 Å². The largest absolute Gasteiger partial charge is 0.481 e. The average Bonchev–Trinajstić information content (AvgIpc) is 2.70. The SMILES string of the molecule is CCS(=O)CCn1cnnc1SCC(=O)O. The Kier molecular flexibility index (Phi) is 5.47. The molecule has 1 rings (SSSR count). The van der Waals surface area contributed by atoms with Crippen LogP contribution in [0.15, 0.2) is 11.5 Å². The molecule has 16 heavy (non-hydrogen) atoms. The van der Waals surface area contributed by atoms with Gasteiger partial charge in [-0.1, -0.05) is 18.7 Å². The summed E-state index contributed by atoms with van der Waals surface area (Å²) in [4.78, 5) is 10.4. The van der Waals surface area contributed by atoms with Gasteiger partial charge in [-0.15, -0.1) is 10.2 Å². The molecule has 0 spiro atoms. The number of nitrogens with zero attached hydrogens (tertiary/aromatic N) is 3. The summed E-state index contributed by atoms with van der Waals surface area (Å²) in [7, 11) is -0.835. The van der Waals surface area contributed by atoms with Crippen LogP contribution in [0.5, 0.6) is 0 Å². The molecule has 0 bridgehead atoms. The maximum absolute atomic E-state index is 11.2. The van der Waals surface area contributed by atoms with Crippen LogP contribution >= 0.6 is 11.8 Å². The van der Waals surface area contributed by atoms with E-state index in [1.54, 1.807) is 4.57 Å². The Balaban J connectivity index is 2.50. The summed E-state index contributed by atoms with van der Waals surface area (Å²) in [6, 6.07) is 0. The first-order valence-electron chi connectivity index (χ1n) is 4.71. The first-order chi connectivity index (χ1) is 7.63. The lowest BCUT2D eigenvalue weighted by atomic mass is 10.7. The Labute approximate surface area is 99.9 Å². The molecule has 6 nitrogen and oxygen atoms in total. The molecule has 0 aromatic carbocycles. The van der Waals surface area contributed by atoms with Crippen LogP contribution < -0.4 is 0 Å². The highest BCUT2D eigenvalue weighted by molar-refractivity contribution is 7.99. The molecule has 8 heteroatoms. The van der Waals surface area contributed by atoms with Gasteiger partial charge in [0.05, 0.1) is 5.75 Å². The van der Waals surface area contributed by atoms with Crippen LogP contribution in [0.2, 0.25) is 0 Å².